The fourth-order valence-corrected chi connectivity index (χ4v) is 5.02. The van der Waals surface area contributed by atoms with Gasteiger partial charge in [-0.3, -0.25) is 19.3 Å². The molecule has 1 unspecified atom stereocenters. The molecule has 2 fully saturated rings. The zero-order valence-corrected chi connectivity index (χ0v) is 19.7. The highest BCUT2D eigenvalue weighted by Crippen LogP contribution is 2.44. The number of methoxy groups -OCH3 is 2. The molecule has 0 saturated carbocycles. The van der Waals surface area contributed by atoms with Gasteiger partial charge >= 0.3 is 5.97 Å². The Morgan fingerprint density at radius 2 is 1.97 bits per heavy atom. The van der Waals surface area contributed by atoms with Gasteiger partial charge in [0.15, 0.2) is 0 Å². The second-order valence-electron chi connectivity index (χ2n) is 8.45. The van der Waals surface area contributed by atoms with Gasteiger partial charge in [0, 0.05) is 37.2 Å². The van der Waals surface area contributed by atoms with E-state index in [4.69, 9.17) is 30.3 Å². The lowest BCUT2D eigenvalue weighted by Crippen LogP contribution is -2.57. The molecule has 0 bridgehead atoms. The van der Waals surface area contributed by atoms with Gasteiger partial charge in [0.2, 0.25) is 5.91 Å². The summed E-state index contributed by atoms with van der Waals surface area (Å²) in [6.45, 7) is 2.64. The highest BCUT2D eigenvalue weighted by atomic mass is 35.5. The van der Waals surface area contributed by atoms with E-state index in [-0.39, 0.29) is 24.9 Å². The molecular formula is C24H29ClN2O6. The van der Waals surface area contributed by atoms with E-state index < -0.39 is 11.5 Å². The van der Waals surface area contributed by atoms with Crippen LogP contribution in [-0.2, 0) is 30.4 Å². The minimum Gasteiger partial charge on any atom is -0.469 e. The number of amides is 1. The standard InChI is InChI=1S/C24H29ClN2O6/c1-30-12-13-32-27-22(28)15-20(23(29)31-2)24(27)8-10-26(11-9-24)16-19-6-7-21(33-19)17-4-3-5-18(25)14-17/h3-7,14,20H,8-13,15-16H2,1-2H3. The van der Waals surface area contributed by atoms with Crippen molar-refractivity contribution >= 4 is 23.5 Å². The van der Waals surface area contributed by atoms with Crippen molar-refractivity contribution in [3.63, 3.8) is 0 Å². The molecule has 2 aliphatic heterocycles. The molecule has 1 spiro atoms. The Hall–Kier alpha value is -2.39. The fraction of sp³-hybridized carbons (Fsp3) is 0.500. The molecule has 2 aromatic rings. The maximum atomic E-state index is 12.7. The van der Waals surface area contributed by atoms with Crippen LogP contribution in [0.15, 0.2) is 40.8 Å². The molecule has 0 N–H and O–H groups in total. The minimum atomic E-state index is -0.705. The summed E-state index contributed by atoms with van der Waals surface area (Å²) in [7, 11) is 2.94. The van der Waals surface area contributed by atoms with Gasteiger partial charge in [-0.2, -0.15) is 0 Å². The summed E-state index contributed by atoms with van der Waals surface area (Å²) >= 11 is 6.10. The second kappa shape index (κ2) is 10.3. The van der Waals surface area contributed by atoms with Crippen molar-refractivity contribution < 1.29 is 28.3 Å². The first-order valence-corrected chi connectivity index (χ1v) is 11.4. The van der Waals surface area contributed by atoms with Crippen LogP contribution in [0.1, 0.15) is 25.0 Å². The molecule has 8 nitrogen and oxygen atoms in total. The van der Waals surface area contributed by atoms with Crippen molar-refractivity contribution in [2.75, 3.05) is 40.5 Å². The van der Waals surface area contributed by atoms with E-state index in [1.165, 1.54) is 12.2 Å². The molecule has 2 saturated heterocycles. The first-order chi connectivity index (χ1) is 16.0. The summed E-state index contributed by atoms with van der Waals surface area (Å²) < 4.78 is 16.1. The molecule has 2 aliphatic rings. The van der Waals surface area contributed by atoms with Crippen molar-refractivity contribution in [3.8, 4) is 11.3 Å². The number of hydrogen-bond acceptors (Lipinski definition) is 7. The zero-order valence-electron chi connectivity index (χ0n) is 18.9. The Morgan fingerprint density at radius 3 is 2.67 bits per heavy atom. The summed E-state index contributed by atoms with van der Waals surface area (Å²) in [5.74, 6) is 0.517. The van der Waals surface area contributed by atoms with E-state index in [9.17, 15) is 9.59 Å². The average Bonchev–Trinajstić information content (AvgIpc) is 3.39. The molecule has 1 aromatic heterocycles. The minimum absolute atomic E-state index is 0.0981. The number of rotatable bonds is 8. The third-order valence-electron chi connectivity index (χ3n) is 6.52. The number of piperidine rings is 1. The lowest BCUT2D eigenvalue weighted by molar-refractivity contribution is -0.227. The Labute approximate surface area is 198 Å². The van der Waals surface area contributed by atoms with Crippen LogP contribution >= 0.6 is 11.6 Å². The number of benzene rings is 1. The van der Waals surface area contributed by atoms with E-state index in [1.807, 2.05) is 36.4 Å². The number of hydroxylamine groups is 2. The summed E-state index contributed by atoms with van der Waals surface area (Å²) in [4.78, 5) is 33.3. The van der Waals surface area contributed by atoms with Gasteiger partial charge in [-0.25, -0.2) is 5.06 Å². The number of furan rings is 1. The summed E-state index contributed by atoms with van der Waals surface area (Å²) in [5.41, 5.74) is 0.226. The predicted molar refractivity (Wildman–Crippen MR) is 121 cm³/mol. The summed E-state index contributed by atoms with van der Waals surface area (Å²) in [5, 5.41) is 2.09. The Kier molecular flexibility index (Phi) is 7.38. The van der Waals surface area contributed by atoms with Gasteiger partial charge in [0.25, 0.3) is 0 Å². The molecule has 4 rings (SSSR count). The number of carbonyl (C=O) groups is 2. The smallest absolute Gasteiger partial charge is 0.311 e. The van der Waals surface area contributed by atoms with Crippen molar-refractivity contribution in [2.24, 2.45) is 5.92 Å². The molecule has 0 radical (unpaired) electrons. The van der Waals surface area contributed by atoms with E-state index in [0.29, 0.717) is 44.1 Å². The molecule has 9 heteroatoms. The fourth-order valence-electron chi connectivity index (χ4n) is 4.82. The monoisotopic (exact) mass is 476 g/mol. The normalized spacial score (nSPS) is 20.5. The maximum absolute atomic E-state index is 12.7. The number of ether oxygens (including phenoxy) is 2. The van der Waals surface area contributed by atoms with Gasteiger partial charge in [-0.1, -0.05) is 23.7 Å². The largest absolute Gasteiger partial charge is 0.469 e. The molecule has 178 valence electrons. The lowest BCUT2D eigenvalue weighted by Gasteiger charge is -2.45. The Morgan fingerprint density at radius 1 is 1.18 bits per heavy atom. The molecular weight excluding hydrogens is 448 g/mol. The number of carbonyl (C=O) groups excluding carboxylic acids is 2. The van der Waals surface area contributed by atoms with Crippen LogP contribution in [0, 0.1) is 5.92 Å². The van der Waals surface area contributed by atoms with Crippen molar-refractivity contribution in [1.29, 1.82) is 0 Å². The predicted octanol–water partition coefficient (Wildman–Crippen LogP) is 3.53. The molecule has 33 heavy (non-hydrogen) atoms. The van der Waals surface area contributed by atoms with E-state index >= 15 is 0 Å². The van der Waals surface area contributed by atoms with Gasteiger partial charge in [-0.05, 0) is 37.1 Å². The van der Waals surface area contributed by atoms with E-state index in [1.54, 1.807) is 7.11 Å². The van der Waals surface area contributed by atoms with Gasteiger partial charge in [-0.15, -0.1) is 0 Å². The first kappa shape index (κ1) is 23.8. The molecule has 1 atom stereocenters. The Balaban J connectivity index is 1.44. The quantitative estimate of drug-likeness (QED) is 0.425. The second-order valence-corrected chi connectivity index (χ2v) is 8.89. The number of likely N-dealkylation sites (tertiary alicyclic amines) is 1. The molecule has 1 aromatic carbocycles. The number of nitrogens with zero attached hydrogens (tertiary/aromatic N) is 2. The summed E-state index contributed by atoms with van der Waals surface area (Å²) in [6, 6.07) is 11.5. The van der Waals surface area contributed by atoms with Crippen LogP contribution in [0.3, 0.4) is 0 Å². The van der Waals surface area contributed by atoms with Crippen LogP contribution in [0.5, 0.6) is 0 Å². The van der Waals surface area contributed by atoms with E-state index in [0.717, 1.165) is 17.1 Å². The van der Waals surface area contributed by atoms with Gasteiger partial charge in [0.1, 0.15) is 11.5 Å². The SMILES string of the molecule is COCCON1C(=O)CC(C(=O)OC)C12CCN(Cc1ccc(-c3cccc(Cl)c3)o1)CC2. The van der Waals surface area contributed by atoms with Gasteiger partial charge in [0.05, 0.1) is 38.3 Å². The topological polar surface area (TPSA) is 81.5 Å². The molecule has 3 heterocycles. The highest BCUT2D eigenvalue weighted by molar-refractivity contribution is 6.30. The molecule has 1 amide bonds. The highest BCUT2D eigenvalue weighted by Gasteiger charge is 2.58. The maximum Gasteiger partial charge on any atom is 0.311 e. The number of hydrogen-bond donors (Lipinski definition) is 0. The number of esters is 1. The third-order valence-corrected chi connectivity index (χ3v) is 6.76. The van der Waals surface area contributed by atoms with Crippen molar-refractivity contribution in [1.82, 2.24) is 9.96 Å². The van der Waals surface area contributed by atoms with E-state index in [2.05, 4.69) is 4.90 Å². The van der Waals surface area contributed by atoms with Gasteiger partial charge < -0.3 is 13.9 Å². The summed E-state index contributed by atoms with van der Waals surface area (Å²) in [6.07, 6.45) is 1.31. The average molecular weight is 477 g/mol. The van der Waals surface area contributed by atoms with Crippen LogP contribution in [0.4, 0.5) is 0 Å². The number of halogens is 1. The van der Waals surface area contributed by atoms with Crippen molar-refractivity contribution in [3.05, 3.63) is 47.2 Å². The zero-order chi connectivity index (χ0) is 23.4. The van der Waals surface area contributed by atoms with Crippen LogP contribution < -0.4 is 0 Å². The lowest BCUT2D eigenvalue weighted by atomic mass is 9.77. The van der Waals surface area contributed by atoms with Crippen LogP contribution in [-0.4, -0.2) is 67.9 Å². The van der Waals surface area contributed by atoms with Crippen LogP contribution in [0.2, 0.25) is 5.02 Å². The third kappa shape index (κ3) is 4.94. The van der Waals surface area contributed by atoms with Crippen molar-refractivity contribution in [2.45, 2.75) is 31.3 Å². The molecule has 0 aliphatic carbocycles. The van der Waals surface area contributed by atoms with Crippen LogP contribution in [0.25, 0.3) is 11.3 Å². The first-order valence-electron chi connectivity index (χ1n) is 11.1. The Bertz CT molecular complexity index is 985.